The van der Waals surface area contributed by atoms with Gasteiger partial charge in [-0.05, 0) is 12.0 Å². The van der Waals surface area contributed by atoms with Gasteiger partial charge in [0, 0.05) is 6.07 Å². The molecule has 3 nitrogen and oxygen atoms in total. The third-order valence-electron chi connectivity index (χ3n) is 1.78. The van der Waals surface area contributed by atoms with Gasteiger partial charge in [0.2, 0.25) is 0 Å². The van der Waals surface area contributed by atoms with Gasteiger partial charge in [0.05, 0.1) is 12.0 Å². The van der Waals surface area contributed by atoms with Gasteiger partial charge in [-0.15, -0.1) is 0 Å². The Morgan fingerprint density at radius 3 is 3.08 bits per heavy atom. The van der Waals surface area contributed by atoms with Crippen LogP contribution >= 0.6 is 0 Å². The molecular formula is C9H8N2O. The zero-order valence-electron chi connectivity index (χ0n) is 6.45. The van der Waals surface area contributed by atoms with Gasteiger partial charge in [-0.25, -0.2) is 4.98 Å². The van der Waals surface area contributed by atoms with Crippen LogP contribution in [0.15, 0.2) is 35.4 Å². The second-order valence-corrected chi connectivity index (χ2v) is 2.62. The Kier molecular flexibility index (Phi) is 1.63. The number of rotatable bonds is 1. The number of nitrogens with zero attached hydrogens (tertiary/aromatic N) is 1. The number of aromatic amines is 1. The quantitative estimate of drug-likeness (QED) is 0.669. The fraction of sp³-hybridized carbons (Fsp3) is 0.111. The molecule has 0 spiro atoms. The van der Waals surface area contributed by atoms with Crippen LogP contribution in [0.25, 0.3) is 5.57 Å². The van der Waals surface area contributed by atoms with Crippen molar-refractivity contribution < 1.29 is 0 Å². The molecule has 0 saturated heterocycles. The molecule has 0 saturated carbocycles. The zero-order chi connectivity index (χ0) is 8.39. The highest BCUT2D eigenvalue weighted by molar-refractivity contribution is 5.67. The fourth-order valence-electron chi connectivity index (χ4n) is 1.18. The van der Waals surface area contributed by atoms with Crippen molar-refractivity contribution in [3.05, 3.63) is 46.7 Å². The van der Waals surface area contributed by atoms with Crippen molar-refractivity contribution in [3.63, 3.8) is 0 Å². The molecule has 1 aliphatic rings. The van der Waals surface area contributed by atoms with E-state index in [0.717, 1.165) is 17.7 Å². The van der Waals surface area contributed by atoms with Gasteiger partial charge in [-0.3, -0.25) is 4.79 Å². The number of nitrogens with one attached hydrogen (secondary N) is 1. The molecule has 0 radical (unpaired) electrons. The molecule has 1 N–H and O–H groups in total. The van der Waals surface area contributed by atoms with E-state index < -0.39 is 0 Å². The Balaban J connectivity index is 2.41. The molecule has 1 aromatic heterocycles. The van der Waals surface area contributed by atoms with Gasteiger partial charge in [-0.2, -0.15) is 0 Å². The molecule has 0 fully saturated rings. The Morgan fingerprint density at radius 1 is 1.50 bits per heavy atom. The van der Waals surface area contributed by atoms with Crippen molar-refractivity contribution in [2.24, 2.45) is 0 Å². The highest BCUT2D eigenvalue weighted by Crippen LogP contribution is 2.19. The molecule has 1 aromatic rings. The predicted octanol–water partition coefficient (Wildman–Crippen LogP) is 1.11. The molecule has 0 aliphatic heterocycles. The maximum atomic E-state index is 10.9. The summed E-state index contributed by atoms with van der Waals surface area (Å²) in [6.07, 6.45) is 8.28. The minimum atomic E-state index is -0.104. The molecule has 1 heterocycles. The summed E-state index contributed by atoms with van der Waals surface area (Å²) in [6.45, 7) is 0. The van der Waals surface area contributed by atoms with Crippen LogP contribution < -0.4 is 5.56 Å². The normalized spacial score (nSPS) is 14.8. The Morgan fingerprint density at radius 2 is 2.42 bits per heavy atom. The van der Waals surface area contributed by atoms with Crippen molar-refractivity contribution in [2.75, 3.05) is 0 Å². The maximum absolute atomic E-state index is 10.9. The summed E-state index contributed by atoms with van der Waals surface area (Å²) in [4.78, 5) is 17.4. The third-order valence-corrected chi connectivity index (χ3v) is 1.78. The molecule has 60 valence electrons. The second kappa shape index (κ2) is 2.77. The minimum Gasteiger partial charge on any atom is -0.313 e. The average molecular weight is 160 g/mol. The van der Waals surface area contributed by atoms with E-state index in [9.17, 15) is 4.79 Å². The van der Waals surface area contributed by atoms with Crippen molar-refractivity contribution in [1.82, 2.24) is 9.97 Å². The van der Waals surface area contributed by atoms with E-state index in [-0.39, 0.29) is 5.56 Å². The summed E-state index contributed by atoms with van der Waals surface area (Å²) in [6, 6.07) is 1.51. The maximum Gasteiger partial charge on any atom is 0.251 e. The summed E-state index contributed by atoms with van der Waals surface area (Å²) < 4.78 is 0. The van der Waals surface area contributed by atoms with Gasteiger partial charge in [-0.1, -0.05) is 18.2 Å². The number of hydrogen-bond acceptors (Lipinski definition) is 2. The second-order valence-electron chi connectivity index (χ2n) is 2.62. The van der Waals surface area contributed by atoms with Crippen molar-refractivity contribution in [3.8, 4) is 0 Å². The lowest BCUT2D eigenvalue weighted by Gasteiger charge is -1.97. The van der Waals surface area contributed by atoms with Crippen LogP contribution in [0.4, 0.5) is 0 Å². The van der Waals surface area contributed by atoms with Crippen LogP contribution in [0.1, 0.15) is 12.1 Å². The first-order valence-electron chi connectivity index (χ1n) is 3.77. The lowest BCUT2D eigenvalue weighted by Crippen LogP contribution is -2.05. The summed E-state index contributed by atoms with van der Waals surface area (Å²) in [5.41, 5.74) is 1.76. The lowest BCUT2D eigenvalue weighted by atomic mass is 10.1. The largest absolute Gasteiger partial charge is 0.313 e. The molecule has 2 rings (SSSR count). The van der Waals surface area contributed by atoms with Crippen LogP contribution in [0.3, 0.4) is 0 Å². The van der Waals surface area contributed by atoms with Gasteiger partial charge >= 0.3 is 0 Å². The molecule has 1 aliphatic carbocycles. The van der Waals surface area contributed by atoms with Crippen LogP contribution in [0.5, 0.6) is 0 Å². The molecule has 0 atom stereocenters. The summed E-state index contributed by atoms with van der Waals surface area (Å²) in [7, 11) is 0. The molecule has 0 aromatic carbocycles. The van der Waals surface area contributed by atoms with Crippen LogP contribution in [0, 0.1) is 0 Å². The monoisotopic (exact) mass is 160 g/mol. The highest BCUT2D eigenvalue weighted by Gasteiger charge is 2.03. The molecular weight excluding hydrogens is 152 g/mol. The molecule has 3 heteroatoms. The van der Waals surface area contributed by atoms with Gasteiger partial charge in [0.1, 0.15) is 0 Å². The molecule has 0 unspecified atom stereocenters. The van der Waals surface area contributed by atoms with E-state index in [1.165, 1.54) is 12.4 Å². The first-order chi connectivity index (χ1) is 5.86. The van der Waals surface area contributed by atoms with Crippen LogP contribution in [-0.2, 0) is 0 Å². The first kappa shape index (κ1) is 7.03. The number of hydrogen-bond donors (Lipinski definition) is 1. The van der Waals surface area contributed by atoms with E-state index in [1.807, 2.05) is 18.2 Å². The smallest absolute Gasteiger partial charge is 0.251 e. The van der Waals surface area contributed by atoms with Gasteiger partial charge < -0.3 is 4.98 Å². The van der Waals surface area contributed by atoms with E-state index in [0.29, 0.717) is 0 Å². The topological polar surface area (TPSA) is 45.8 Å². The Bertz CT molecular complexity index is 401. The average Bonchev–Trinajstić information content (AvgIpc) is 2.56. The molecule has 0 bridgehead atoms. The van der Waals surface area contributed by atoms with E-state index in [4.69, 9.17) is 0 Å². The molecule has 12 heavy (non-hydrogen) atoms. The number of H-pyrrole nitrogens is 1. The summed E-state index contributed by atoms with van der Waals surface area (Å²) >= 11 is 0. The lowest BCUT2D eigenvalue weighted by molar-refractivity contribution is 1.09. The van der Waals surface area contributed by atoms with E-state index >= 15 is 0 Å². The third kappa shape index (κ3) is 1.21. The minimum absolute atomic E-state index is 0.104. The van der Waals surface area contributed by atoms with Crippen molar-refractivity contribution >= 4 is 5.57 Å². The van der Waals surface area contributed by atoms with E-state index in [1.54, 1.807) is 0 Å². The number of allylic oxidation sites excluding steroid dienone is 4. The van der Waals surface area contributed by atoms with Crippen molar-refractivity contribution in [2.45, 2.75) is 6.42 Å². The Hall–Kier alpha value is -1.64. The van der Waals surface area contributed by atoms with Gasteiger partial charge in [0.25, 0.3) is 5.56 Å². The standard InChI is InChI=1S/C9H8N2O/c12-9-5-8(10-6-11-9)7-3-1-2-4-7/h1-3,5-6H,4H2,(H,10,11,12). The summed E-state index contributed by atoms with van der Waals surface area (Å²) in [5.74, 6) is 0. The van der Waals surface area contributed by atoms with Crippen LogP contribution in [-0.4, -0.2) is 9.97 Å². The Labute approximate surface area is 69.5 Å². The SMILES string of the molecule is O=c1cc(C2=CC=CC2)nc[nH]1. The van der Waals surface area contributed by atoms with E-state index in [2.05, 4.69) is 9.97 Å². The van der Waals surface area contributed by atoms with Gasteiger partial charge in [0.15, 0.2) is 0 Å². The predicted molar refractivity (Wildman–Crippen MR) is 46.6 cm³/mol. The molecule has 0 amide bonds. The van der Waals surface area contributed by atoms with Crippen molar-refractivity contribution in [1.29, 1.82) is 0 Å². The highest BCUT2D eigenvalue weighted by atomic mass is 16.1. The number of aromatic nitrogens is 2. The zero-order valence-corrected chi connectivity index (χ0v) is 6.45. The summed E-state index contributed by atoms with van der Waals surface area (Å²) in [5, 5.41) is 0. The first-order valence-corrected chi connectivity index (χ1v) is 3.77. The fourth-order valence-corrected chi connectivity index (χ4v) is 1.18. The van der Waals surface area contributed by atoms with Crippen LogP contribution in [0.2, 0.25) is 0 Å².